The highest BCUT2D eigenvalue weighted by Gasteiger charge is 2.30. The van der Waals surface area contributed by atoms with E-state index in [1.165, 1.54) is 0 Å². The number of fused-ring (bicyclic) bond motifs is 1. The molecule has 2 N–H and O–H groups in total. The van der Waals surface area contributed by atoms with Gasteiger partial charge in [-0.2, -0.15) is 0 Å². The topological polar surface area (TPSA) is 71.1 Å². The summed E-state index contributed by atoms with van der Waals surface area (Å²) in [6, 6.07) is 17.3. The fourth-order valence-electron chi connectivity index (χ4n) is 3.06. The fourth-order valence-corrected chi connectivity index (χ4v) is 3.06. The Morgan fingerprint density at radius 1 is 1.00 bits per heavy atom. The van der Waals surface area contributed by atoms with Gasteiger partial charge in [-0.15, -0.1) is 0 Å². The number of hydrogen-bond acceptors (Lipinski definition) is 3. The van der Waals surface area contributed by atoms with Gasteiger partial charge in [0.2, 0.25) is 5.91 Å². The second kappa shape index (κ2) is 7.58. The van der Waals surface area contributed by atoms with Gasteiger partial charge >= 0.3 is 0 Å². The van der Waals surface area contributed by atoms with Crippen molar-refractivity contribution >= 4 is 28.3 Å². The Bertz CT molecular complexity index is 981. The number of nitrogens with one attached hydrogen (secondary N) is 2. The maximum atomic E-state index is 12.8. The van der Waals surface area contributed by atoms with Gasteiger partial charge in [0.25, 0.3) is 5.91 Å². The number of rotatable bonds is 6. The first-order valence-corrected chi connectivity index (χ1v) is 9.22. The van der Waals surface area contributed by atoms with Crippen LogP contribution in [0.5, 0.6) is 0 Å². The van der Waals surface area contributed by atoms with E-state index in [1.807, 2.05) is 54.6 Å². The summed E-state index contributed by atoms with van der Waals surface area (Å²) in [5.41, 5.74) is 1.99. The summed E-state index contributed by atoms with van der Waals surface area (Å²) in [6.07, 6.45) is 4.24. The van der Waals surface area contributed by atoms with E-state index < -0.39 is 0 Å². The lowest BCUT2D eigenvalue weighted by Crippen LogP contribution is -2.27. The summed E-state index contributed by atoms with van der Waals surface area (Å²) in [5, 5.41) is 7.85. The largest absolute Gasteiger partial charge is 0.352 e. The van der Waals surface area contributed by atoms with Crippen molar-refractivity contribution in [2.75, 3.05) is 11.9 Å². The van der Waals surface area contributed by atoms with Crippen LogP contribution in [-0.4, -0.2) is 23.3 Å². The van der Waals surface area contributed by atoms with Gasteiger partial charge in [0.05, 0.1) is 11.3 Å². The quantitative estimate of drug-likeness (QED) is 0.707. The zero-order chi connectivity index (χ0) is 18.6. The molecule has 0 atom stereocenters. The number of anilines is 1. The van der Waals surface area contributed by atoms with Crippen LogP contribution in [0, 0.1) is 5.92 Å². The van der Waals surface area contributed by atoms with E-state index in [1.54, 1.807) is 6.20 Å². The third-order valence-electron chi connectivity index (χ3n) is 4.73. The summed E-state index contributed by atoms with van der Waals surface area (Å²) >= 11 is 0. The molecule has 136 valence electrons. The van der Waals surface area contributed by atoms with Gasteiger partial charge in [-0.05, 0) is 47.9 Å². The molecule has 5 heteroatoms. The SMILES string of the molecule is O=C(NCCc1ccccn1)c1cc2ccccc2cc1NC(=O)C1CC1. The Morgan fingerprint density at radius 2 is 1.74 bits per heavy atom. The molecule has 3 aromatic rings. The molecule has 1 aliphatic carbocycles. The van der Waals surface area contributed by atoms with Gasteiger partial charge in [-0.3, -0.25) is 14.6 Å². The second-order valence-electron chi connectivity index (χ2n) is 6.84. The first kappa shape index (κ1) is 17.2. The van der Waals surface area contributed by atoms with Crippen LogP contribution in [0.1, 0.15) is 28.9 Å². The Hall–Kier alpha value is -3.21. The van der Waals surface area contributed by atoms with E-state index in [2.05, 4.69) is 15.6 Å². The average Bonchev–Trinajstić information content (AvgIpc) is 3.53. The molecule has 4 rings (SSSR count). The van der Waals surface area contributed by atoms with E-state index in [0.717, 1.165) is 29.3 Å². The molecule has 27 heavy (non-hydrogen) atoms. The average molecular weight is 359 g/mol. The molecular weight excluding hydrogens is 338 g/mol. The Labute approximate surface area is 157 Å². The van der Waals surface area contributed by atoms with Crippen molar-refractivity contribution in [3.05, 3.63) is 72.1 Å². The van der Waals surface area contributed by atoms with Crippen molar-refractivity contribution in [2.24, 2.45) is 5.92 Å². The van der Waals surface area contributed by atoms with Crippen molar-refractivity contribution < 1.29 is 9.59 Å². The lowest BCUT2D eigenvalue weighted by molar-refractivity contribution is -0.117. The molecule has 5 nitrogen and oxygen atoms in total. The van der Waals surface area contributed by atoms with Gasteiger partial charge in [0.1, 0.15) is 0 Å². The summed E-state index contributed by atoms with van der Waals surface area (Å²) in [7, 11) is 0. The van der Waals surface area contributed by atoms with Gasteiger partial charge in [-0.1, -0.05) is 30.3 Å². The Balaban J connectivity index is 1.54. The van der Waals surface area contributed by atoms with Crippen LogP contribution >= 0.6 is 0 Å². The molecule has 1 aromatic heterocycles. The minimum Gasteiger partial charge on any atom is -0.352 e. The third-order valence-corrected chi connectivity index (χ3v) is 4.73. The fraction of sp³-hybridized carbons (Fsp3) is 0.227. The van der Waals surface area contributed by atoms with Gasteiger partial charge in [-0.25, -0.2) is 0 Å². The number of amides is 2. The van der Waals surface area contributed by atoms with Crippen LogP contribution in [0.3, 0.4) is 0 Å². The molecule has 1 heterocycles. The monoisotopic (exact) mass is 359 g/mol. The van der Waals surface area contributed by atoms with Crippen molar-refractivity contribution in [3.63, 3.8) is 0 Å². The van der Waals surface area contributed by atoms with Gasteiger partial charge in [0, 0.05) is 30.8 Å². The zero-order valence-electron chi connectivity index (χ0n) is 14.9. The number of carbonyl (C=O) groups excluding carboxylic acids is 2. The maximum absolute atomic E-state index is 12.8. The minimum atomic E-state index is -0.192. The predicted molar refractivity (Wildman–Crippen MR) is 106 cm³/mol. The lowest BCUT2D eigenvalue weighted by Gasteiger charge is -2.13. The number of aromatic nitrogens is 1. The molecule has 0 spiro atoms. The van der Waals surface area contributed by atoms with E-state index in [4.69, 9.17) is 0 Å². The minimum absolute atomic E-state index is 0.00665. The normalized spacial score (nSPS) is 13.3. The summed E-state index contributed by atoms with van der Waals surface area (Å²) < 4.78 is 0. The molecule has 2 aromatic carbocycles. The van der Waals surface area contributed by atoms with Crippen LogP contribution in [-0.2, 0) is 11.2 Å². The molecule has 1 aliphatic rings. The van der Waals surface area contributed by atoms with Crippen LogP contribution < -0.4 is 10.6 Å². The van der Waals surface area contributed by atoms with Crippen LogP contribution in [0.15, 0.2) is 60.8 Å². The molecule has 0 aliphatic heterocycles. The zero-order valence-corrected chi connectivity index (χ0v) is 14.9. The lowest BCUT2D eigenvalue weighted by atomic mass is 10.0. The Kier molecular flexibility index (Phi) is 4.83. The van der Waals surface area contributed by atoms with Crippen molar-refractivity contribution in [1.29, 1.82) is 0 Å². The van der Waals surface area contributed by atoms with Gasteiger partial charge < -0.3 is 10.6 Å². The van der Waals surface area contributed by atoms with Gasteiger partial charge in [0.15, 0.2) is 0 Å². The number of hydrogen-bond donors (Lipinski definition) is 2. The smallest absolute Gasteiger partial charge is 0.253 e. The molecule has 2 amide bonds. The molecule has 0 saturated heterocycles. The molecule has 1 saturated carbocycles. The predicted octanol–water partition coefficient (Wildman–Crippen LogP) is 3.56. The first-order chi connectivity index (χ1) is 13.2. The van der Waals surface area contributed by atoms with Crippen molar-refractivity contribution in [3.8, 4) is 0 Å². The highest BCUT2D eigenvalue weighted by Crippen LogP contribution is 2.31. The molecule has 1 fully saturated rings. The number of nitrogens with zero attached hydrogens (tertiary/aromatic N) is 1. The van der Waals surface area contributed by atoms with E-state index in [9.17, 15) is 9.59 Å². The van der Waals surface area contributed by atoms with E-state index in [-0.39, 0.29) is 17.7 Å². The first-order valence-electron chi connectivity index (χ1n) is 9.22. The highest BCUT2D eigenvalue weighted by molar-refractivity contribution is 6.08. The summed E-state index contributed by atoms with van der Waals surface area (Å²) in [6.45, 7) is 0.485. The van der Waals surface area contributed by atoms with Crippen molar-refractivity contribution in [1.82, 2.24) is 10.3 Å². The molecule has 0 radical (unpaired) electrons. The summed E-state index contributed by atoms with van der Waals surface area (Å²) in [4.78, 5) is 29.3. The van der Waals surface area contributed by atoms with E-state index >= 15 is 0 Å². The van der Waals surface area contributed by atoms with Crippen molar-refractivity contribution in [2.45, 2.75) is 19.3 Å². The maximum Gasteiger partial charge on any atom is 0.253 e. The molecular formula is C22H21N3O2. The highest BCUT2D eigenvalue weighted by atomic mass is 16.2. The standard InChI is InChI=1S/C22H21N3O2/c26-21(15-8-9-15)25-20-14-17-6-2-1-5-16(17)13-19(20)22(27)24-12-10-18-7-3-4-11-23-18/h1-7,11,13-15H,8-10,12H2,(H,24,27)(H,25,26). The molecule has 0 unspecified atom stereocenters. The summed E-state index contributed by atoms with van der Waals surface area (Å²) in [5.74, 6) is -0.118. The van der Waals surface area contributed by atoms with Crippen LogP contribution in [0.25, 0.3) is 10.8 Å². The van der Waals surface area contributed by atoms with Crippen LogP contribution in [0.2, 0.25) is 0 Å². The second-order valence-corrected chi connectivity index (χ2v) is 6.84. The third kappa shape index (κ3) is 4.14. The molecule has 0 bridgehead atoms. The Morgan fingerprint density at radius 3 is 2.44 bits per heavy atom. The number of carbonyl (C=O) groups is 2. The van der Waals surface area contributed by atoms with Crippen LogP contribution in [0.4, 0.5) is 5.69 Å². The number of benzene rings is 2. The number of pyridine rings is 1. The van der Waals surface area contributed by atoms with E-state index in [0.29, 0.717) is 24.2 Å².